The summed E-state index contributed by atoms with van der Waals surface area (Å²) in [6, 6.07) is 0.165. The fraction of sp³-hybridized carbons (Fsp3) is 0.867. The molecule has 0 aromatic carbocycles. The number of nitrogens with one attached hydrogen (secondary N) is 2. The number of amides is 1. The smallest absolute Gasteiger partial charge is 0.410 e. The van der Waals surface area contributed by atoms with Gasteiger partial charge in [-0.05, 0) is 27.2 Å². The number of sulfonamides is 1. The Balaban J connectivity index is 1.74. The SMILES string of the molecule is CC(C)(C)OC(=O)N1CCN2C(NCCCNS(C)(=O)=O)=NCC2C1. The number of rotatable bonds is 5. The third-order valence-corrected chi connectivity index (χ3v) is 4.59. The van der Waals surface area contributed by atoms with Gasteiger partial charge in [-0.25, -0.2) is 17.9 Å². The topological polar surface area (TPSA) is 103 Å². The van der Waals surface area contributed by atoms with Crippen molar-refractivity contribution in [1.82, 2.24) is 19.8 Å². The molecule has 144 valence electrons. The van der Waals surface area contributed by atoms with E-state index in [0.717, 1.165) is 12.2 Å². The van der Waals surface area contributed by atoms with Crippen LogP contribution in [0.3, 0.4) is 0 Å². The van der Waals surface area contributed by atoms with Crippen LogP contribution in [-0.2, 0) is 14.8 Å². The maximum Gasteiger partial charge on any atom is 0.410 e. The second kappa shape index (κ2) is 7.77. The first-order valence-electron chi connectivity index (χ1n) is 8.53. The molecule has 1 fully saturated rings. The summed E-state index contributed by atoms with van der Waals surface area (Å²) in [5.41, 5.74) is -0.493. The van der Waals surface area contributed by atoms with Gasteiger partial charge in [0.25, 0.3) is 0 Å². The average molecular weight is 375 g/mol. The zero-order chi connectivity index (χ0) is 18.7. The van der Waals surface area contributed by atoms with Crippen LogP contribution in [0.25, 0.3) is 0 Å². The number of guanidine groups is 1. The fourth-order valence-electron chi connectivity index (χ4n) is 2.77. The maximum atomic E-state index is 12.2. The number of piperazine rings is 1. The van der Waals surface area contributed by atoms with Gasteiger partial charge in [0.2, 0.25) is 10.0 Å². The number of aliphatic imine (C=N–C) groups is 1. The molecule has 0 bridgehead atoms. The second-order valence-corrected chi connectivity index (χ2v) is 9.22. The lowest BCUT2D eigenvalue weighted by Crippen LogP contribution is -2.57. The normalized spacial score (nSPS) is 21.0. The van der Waals surface area contributed by atoms with Crippen molar-refractivity contribution in [2.75, 3.05) is 45.5 Å². The van der Waals surface area contributed by atoms with E-state index in [1.165, 1.54) is 0 Å². The zero-order valence-corrected chi connectivity index (χ0v) is 16.2. The highest BCUT2D eigenvalue weighted by molar-refractivity contribution is 7.88. The van der Waals surface area contributed by atoms with E-state index >= 15 is 0 Å². The van der Waals surface area contributed by atoms with Gasteiger partial charge in [0.15, 0.2) is 5.96 Å². The van der Waals surface area contributed by atoms with E-state index in [9.17, 15) is 13.2 Å². The molecule has 1 unspecified atom stereocenters. The summed E-state index contributed by atoms with van der Waals surface area (Å²) in [7, 11) is -3.14. The van der Waals surface area contributed by atoms with E-state index in [0.29, 0.717) is 45.7 Å². The molecule has 1 amide bonds. The highest BCUT2D eigenvalue weighted by Gasteiger charge is 2.36. The molecule has 0 aliphatic carbocycles. The lowest BCUT2D eigenvalue weighted by Gasteiger charge is -2.39. The van der Waals surface area contributed by atoms with Crippen LogP contribution >= 0.6 is 0 Å². The van der Waals surface area contributed by atoms with Crippen molar-refractivity contribution >= 4 is 22.1 Å². The standard InChI is InChI=1S/C15H29N5O4S/c1-15(2,3)24-14(21)19-8-9-20-12(11-19)10-17-13(20)16-6-5-7-18-25(4,22)23/h12,18H,5-11H2,1-4H3,(H,16,17). The predicted molar refractivity (Wildman–Crippen MR) is 96.1 cm³/mol. The fourth-order valence-corrected chi connectivity index (χ4v) is 3.28. The molecule has 0 radical (unpaired) electrons. The summed E-state index contributed by atoms with van der Waals surface area (Å²) in [6.45, 7) is 9.17. The molecule has 1 atom stereocenters. The first kappa shape index (κ1) is 19.8. The molecule has 10 heteroatoms. The molecule has 2 heterocycles. The van der Waals surface area contributed by atoms with Crippen LogP contribution in [-0.4, -0.2) is 87.4 Å². The van der Waals surface area contributed by atoms with Gasteiger partial charge in [-0.3, -0.25) is 4.99 Å². The summed E-state index contributed by atoms with van der Waals surface area (Å²) >= 11 is 0. The molecule has 25 heavy (non-hydrogen) atoms. The Morgan fingerprint density at radius 3 is 2.68 bits per heavy atom. The Hall–Kier alpha value is -1.55. The van der Waals surface area contributed by atoms with Crippen LogP contribution in [0.1, 0.15) is 27.2 Å². The predicted octanol–water partition coefficient (Wildman–Crippen LogP) is -0.194. The third-order valence-electron chi connectivity index (χ3n) is 3.86. The summed E-state index contributed by atoms with van der Waals surface area (Å²) in [5.74, 6) is 0.827. The Kier molecular flexibility index (Phi) is 6.15. The number of fused-ring (bicyclic) bond motifs is 1. The minimum Gasteiger partial charge on any atom is -0.444 e. The van der Waals surface area contributed by atoms with Crippen LogP contribution < -0.4 is 10.0 Å². The second-order valence-electron chi connectivity index (χ2n) is 7.38. The van der Waals surface area contributed by atoms with E-state index in [1.807, 2.05) is 20.8 Å². The molecule has 2 N–H and O–H groups in total. The number of hydrogen-bond acceptors (Lipinski definition) is 7. The van der Waals surface area contributed by atoms with Gasteiger partial charge in [0.05, 0.1) is 18.8 Å². The molecular formula is C15H29N5O4S. The van der Waals surface area contributed by atoms with Crippen molar-refractivity contribution in [3.63, 3.8) is 0 Å². The van der Waals surface area contributed by atoms with Gasteiger partial charge >= 0.3 is 6.09 Å². The van der Waals surface area contributed by atoms with Crippen LogP contribution in [0.4, 0.5) is 4.79 Å². The molecule has 2 rings (SSSR count). The summed E-state index contributed by atoms with van der Waals surface area (Å²) in [5, 5.41) is 3.26. The minimum absolute atomic E-state index is 0.165. The largest absolute Gasteiger partial charge is 0.444 e. The van der Waals surface area contributed by atoms with Crippen molar-refractivity contribution in [2.45, 2.75) is 38.8 Å². The molecule has 0 aromatic rings. The number of carbonyl (C=O) groups is 1. The zero-order valence-electron chi connectivity index (χ0n) is 15.4. The first-order chi connectivity index (χ1) is 11.6. The summed E-state index contributed by atoms with van der Waals surface area (Å²) < 4.78 is 29.9. The molecule has 0 spiro atoms. The molecule has 1 saturated heterocycles. The molecule has 2 aliphatic rings. The Labute approximate surface area is 149 Å². The van der Waals surface area contributed by atoms with Crippen LogP contribution in [0.2, 0.25) is 0 Å². The van der Waals surface area contributed by atoms with Gasteiger partial charge in [-0.15, -0.1) is 0 Å². The number of nitrogens with zero attached hydrogens (tertiary/aromatic N) is 3. The number of carbonyl (C=O) groups excluding carboxylic acids is 1. The molecule has 2 aliphatic heterocycles. The molecular weight excluding hydrogens is 346 g/mol. The van der Waals surface area contributed by atoms with E-state index < -0.39 is 15.6 Å². The van der Waals surface area contributed by atoms with Gasteiger partial charge in [-0.2, -0.15) is 0 Å². The quantitative estimate of drug-likeness (QED) is 0.646. The maximum absolute atomic E-state index is 12.2. The highest BCUT2D eigenvalue weighted by atomic mass is 32.2. The van der Waals surface area contributed by atoms with E-state index in [-0.39, 0.29) is 12.1 Å². The number of ether oxygens (including phenoxy) is 1. The van der Waals surface area contributed by atoms with Gasteiger partial charge in [0.1, 0.15) is 5.60 Å². The highest BCUT2D eigenvalue weighted by Crippen LogP contribution is 2.18. The summed E-state index contributed by atoms with van der Waals surface area (Å²) in [6.07, 6.45) is 1.55. The lowest BCUT2D eigenvalue weighted by atomic mass is 10.2. The summed E-state index contributed by atoms with van der Waals surface area (Å²) in [4.78, 5) is 20.6. The van der Waals surface area contributed by atoms with Gasteiger partial charge in [0, 0.05) is 32.7 Å². The average Bonchev–Trinajstić information content (AvgIpc) is 2.86. The lowest BCUT2D eigenvalue weighted by molar-refractivity contribution is 0.0137. The third kappa shape index (κ3) is 6.35. The monoisotopic (exact) mass is 375 g/mol. The van der Waals surface area contributed by atoms with E-state index in [4.69, 9.17) is 4.74 Å². The van der Waals surface area contributed by atoms with Crippen molar-refractivity contribution in [3.05, 3.63) is 0 Å². The van der Waals surface area contributed by atoms with Crippen molar-refractivity contribution in [1.29, 1.82) is 0 Å². The Morgan fingerprint density at radius 1 is 1.32 bits per heavy atom. The van der Waals surface area contributed by atoms with E-state index in [2.05, 4.69) is 19.9 Å². The Morgan fingerprint density at radius 2 is 2.04 bits per heavy atom. The Bertz CT molecular complexity index is 614. The van der Waals surface area contributed by atoms with E-state index in [1.54, 1.807) is 4.90 Å². The van der Waals surface area contributed by atoms with Crippen molar-refractivity contribution in [3.8, 4) is 0 Å². The van der Waals surface area contributed by atoms with Crippen molar-refractivity contribution in [2.24, 2.45) is 4.99 Å². The molecule has 0 saturated carbocycles. The van der Waals surface area contributed by atoms with Crippen molar-refractivity contribution < 1.29 is 17.9 Å². The van der Waals surface area contributed by atoms with Gasteiger partial charge < -0.3 is 19.9 Å². The molecule has 9 nitrogen and oxygen atoms in total. The van der Waals surface area contributed by atoms with Gasteiger partial charge in [-0.1, -0.05) is 0 Å². The minimum atomic E-state index is -3.14. The first-order valence-corrected chi connectivity index (χ1v) is 10.4. The number of hydrogen-bond donors (Lipinski definition) is 2. The van der Waals surface area contributed by atoms with Crippen LogP contribution in [0, 0.1) is 0 Å². The van der Waals surface area contributed by atoms with Crippen LogP contribution in [0.15, 0.2) is 4.99 Å². The van der Waals surface area contributed by atoms with Crippen LogP contribution in [0.5, 0.6) is 0 Å². The molecule has 0 aromatic heterocycles.